The van der Waals surface area contributed by atoms with Crippen LogP contribution in [0, 0.1) is 0 Å². The predicted molar refractivity (Wildman–Crippen MR) is 54.0 cm³/mol. The van der Waals surface area contributed by atoms with E-state index in [0.29, 0.717) is 10.8 Å². The van der Waals surface area contributed by atoms with Crippen LogP contribution in [0.1, 0.15) is 10.6 Å². The summed E-state index contributed by atoms with van der Waals surface area (Å²) in [5, 5.41) is 7.14. The molecule has 0 saturated carbocycles. The second-order valence-corrected chi connectivity index (χ2v) is 3.34. The van der Waals surface area contributed by atoms with Gasteiger partial charge in [0, 0.05) is 0 Å². The summed E-state index contributed by atoms with van der Waals surface area (Å²) in [6.45, 7) is 0.199. The molecule has 78 valence electrons. The summed E-state index contributed by atoms with van der Waals surface area (Å²) >= 11 is 5.72. The number of carbonyl (C=O) groups is 1. The van der Waals surface area contributed by atoms with Gasteiger partial charge in [-0.3, -0.25) is 4.79 Å². The minimum atomic E-state index is -0.181. The highest BCUT2D eigenvalue weighted by molar-refractivity contribution is 6.30. The van der Waals surface area contributed by atoms with E-state index in [-0.39, 0.29) is 18.2 Å². The standard InChI is InChI=1S/C8H8ClN5O/c1-10-3-6(15)7-12-8-11-2-5(9)4-14(8)13-7/h2,4,10H,3H2,1H3. The van der Waals surface area contributed by atoms with Crippen molar-refractivity contribution in [1.29, 1.82) is 0 Å². The minimum absolute atomic E-state index is 0.138. The van der Waals surface area contributed by atoms with Crippen LogP contribution >= 0.6 is 11.6 Å². The van der Waals surface area contributed by atoms with Crippen LogP contribution in [0.25, 0.3) is 5.78 Å². The number of Topliss-reactive ketones (excluding diaryl/α,β-unsaturated/α-hetero) is 1. The third-order valence-corrected chi connectivity index (χ3v) is 1.94. The highest BCUT2D eigenvalue weighted by Crippen LogP contribution is 2.06. The van der Waals surface area contributed by atoms with Gasteiger partial charge in [-0.2, -0.15) is 4.98 Å². The van der Waals surface area contributed by atoms with E-state index in [1.54, 1.807) is 13.2 Å². The molecule has 0 aliphatic heterocycles. The fraction of sp³-hybridized carbons (Fsp3) is 0.250. The van der Waals surface area contributed by atoms with Crippen molar-refractivity contribution in [2.24, 2.45) is 0 Å². The maximum absolute atomic E-state index is 11.4. The number of halogens is 1. The first-order valence-corrected chi connectivity index (χ1v) is 4.64. The van der Waals surface area contributed by atoms with Crippen molar-refractivity contribution in [2.75, 3.05) is 13.6 Å². The molecule has 7 heteroatoms. The monoisotopic (exact) mass is 225 g/mol. The Morgan fingerprint density at radius 3 is 3.20 bits per heavy atom. The molecule has 0 aromatic carbocycles. The molecular weight excluding hydrogens is 218 g/mol. The first-order valence-electron chi connectivity index (χ1n) is 4.26. The van der Waals surface area contributed by atoms with Crippen LogP contribution in [-0.2, 0) is 0 Å². The molecule has 0 unspecified atom stereocenters. The van der Waals surface area contributed by atoms with Crippen molar-refractivity contribution in [3.63, 3.8) is 0 Å². The van der Waals surface area contributed by atoms with E-state index in [4.69, 9.17) is 11.6 Å². The fourth-order valence-electron chi connectivity index (χ4n) is 1.12. The van der Waals surface area contributed by atoms with E-state index < -0.39 is 0 Å². The van der Waals surface area contributed by atoms with Crippen molar-refractivity contribution in [2.45, 2.75) is 0 Å². The molecule has 0 aliphatic carbocycles. The maximum atomic E-state index is 11.4. The van der Waals surface area contributed by atoms with Crippen molar-refractivity contribution >= 4 is 23.2 Å². The zero-order chi connectivity index (χ0) is 10.8. The van der Waals surface area contributed by atoms with Gasteiger partial charge in [0.25, 0.3) is 5.78 Å². The smallest absolute Gasteiger partial charge is 0.252 e. The van der Waals surface area contributed by atoms with Crippen LogP contribution in [0.2, 0.25) is 5.02 Å². The van der Waals surface area contributed by atoms with E-state index in [0.717, 1.165) is 0 Å². The molecule has 0 radical (unpaired) electrons. The van der Waals surface area contributed by atoms with E-state index in [9.17, 15) is 4.79 Å². The Labute approximate surface area is 90.3 Å². The molecule has 6 nitrogen and oxygen atoms in total. The highest BCUT2D eigenvalue weighted by atomic mass is 35.5. The van der Waals surface area contributed by atoms with Crippen LogP contribution in [0.15, 0.2) is 12.4 Å². The topological polar surface area (TPSA) is 72.2 Å². The van der Waals surface area contributed by atoms with Crippen molar-refractivity contribution < 1.29 is 4.79 Å². The molecule has 0 fully saturated rings. The molecule has 0 amide bonds. The number of hydrogen-bond donors (Lipinski definition) is 1. The second kappa shape index (κ2) is 3.92. The molecule has 0 atom stereocenters. The van der Waals surface area contributed by atoms with E-state index in [1.165, 1.54) is 10.7 Å². The summed E-state index contributed by atoms with van der Waals surface area (Å²) in [5.41, 5.74) is 0. The molecule has 0 bridgehead atoms. The van der Waals surface area contributed by atoms with Gasteiger partial charge in [0.15, 0.2) is 0 Å². The van der Waals surface area contributed by atoms with Gasteiger partial charge in [-0.1, -0.05) is 11.6 Å². The maximum Gasteiger partial charge on any atom is 0.252 e. The van der Waals surface area contributed by atoms with Gasteiger partial charge in [-0.25, -0.2) is 9.50 Å². The van der Waals surface area contributed by atoms with Gasteiger partial charge in [0.1, 0.15) is 0 Å². The Balaban J connectivity index is 2.42. The fourth-order valence-corrected chi connectivity index (χ4v) is 1.26. The quantitative estimate of drug-likeness (QED) is 0.755. The number of nitrogens with zero attached hydrogens (tertiary/aromatic N) is 4. The SMILES string of the molecule is CNCC(=O)c1nc2ncc(Cl)cn2n1. The number of ketones is 1. The van der Waals surface area contributed by atoms with Gasteiger partial charge in [0.2, 0.25) is 11.6 Å². The lowest BCUT2D eigenvalue weighted by molar-refractivity contribution is 0.0984. The highest BCUT2D eigenvalue weighted by Gasteiger charge is 2.12. The van der Waals surface area contributed by atoms with Crippen LogP contribution in [0.3, 0.4) is 0 Å². The Morgan fingerprint density at radius 2 is 2.47 bits per heavy atom. The number of likely N-dealkylation sites (N-methyl/N-ethyl adjacent to an activating group) is 1. The predicted octanol–water partition coefficient (Wildman–Crippen LogP) is 0.180. The molecule has 2 heterocycles. The van der Waals surface area contributed by atoms with E-state index in [2.05, 4.69) is 20.4 Å². The number of carbonyl (C=O) groups excluding carboxylic acids is 1. The molecule has 2 aromatic heterocycles. The summed E-state index contributed by atoms with van der Waals surface area (Å²) < 4.78 is 1.38. The zero-order valence-electron chi connectivity index (χ0n) is 7.94. The first kappa shape index (κ1) is 10.0. The third-order valence-electron chi connectivity index (χ3n) is 1.75. The third kappa shape index (κ3) is 1.95. The van der Waals surface area contributed by atoms with Gasteiger partial charge in [0.05, 0.1) is 24.0 Å². The van der Waals surface area contributed by atoms with Gasteiger partial charge in [-0.15, -0.1) is 5.10 Å². The molecule has 15 heavy (non-hydrogen) atoms. The molecule has 1 N–H and O–H groups in total. The molecule has 2 aromatic rings. The van der Waals surface area contributed by atoms with Crippen LogP contribution < -0.4 is 5.32 Å². The second-order valence-electron chi connectivity index (χ2n) is 2.91. The molecular formula is C8H8ClN5O. The number of rotatable bonds is 3. The number of fused-ring (bicyclic) bond motifs is 1. The van der Waals surface area contributed by atoms with Crippen LogP contribution in [-0.4, -0.2) is 39.0 Å². The molecule has 0 saturated heterocycles. The average Bonchev–Trinajstić information content (AvgIpc) is 2.60. The molecule has 0 spiro atoms. The summed E-state index contributed by atoms with van der Waals surface area (Å²) in [7, 11) is 1.68. The van der Waals surface area contributed by atoms with Crippen LogP contribution in [0.4, 0.5) is 0 Å². The van der Waals surface area contributed by atoms with Gasteiger partial charge in [-0.05, 0) is 7.05 Å². The van der Waals surface area contributed by atoms with Gasteiger partial charge >= 0.3 is 0 Å². The zero-order valence-corrected chi connectivity index (χ0v) is 8.69. The summed E-state index contributed by atoms with van der Waals surface area (Å²) in [5.74, 6) is 0.317. The Morgan fingerprint density at radius 1 is 1.67 bits per heavy atom. The van der Waals surface area contributed by atoms with Crippen molar-refractivity contribution in [1.82, 2.24) is 24.9 Å². The lowest BCUT2D eigenvalue weighted by atomic mass is 10.4. The molecule has 2 rings (SSSR count). The number of hydrogen-bond acceptors (Lipinski definition) is 5. The first-order chi connectivity index (χ1) is 7.20. The Kier molecular flexibility index (Phi) is 2.61. The number of aromatic nitrogens is 4. The van der Waals surface area contributed by atoms with E-state index in [1.807, 2.05) is 0 Å². The minimum Gasteiger partial charge on any atom is -0.313 e. The van der Waals surface area contributed by atoms with E-state index >= 15 is 0 Å². The van der Waals surface area contributed by atoms with Crippen molar-refractivity contribution in [3.8, 4) is 0 Å². The Bertz CT molecular complexity index is 509. The largest absolute Gasteiger partial charge is 0.313 e. The molecule has 0 aliphatic rings. The summed E-state index contributed by atoms with van der Waals surface area (Å²) in [4.78, 5) is 19.3. The van der Waals surface area contributed by atoms with Crippen molar-refractivity contribution in [3.05, 3.63) is 23.2 Å². The summed E-state index contributed by atoms with van der Waals surface area (Å²) in [6.07, 6.45) is 3.00. The lowest BCUT2D eigenvalue weighted by Gasteiger charge is -1.91. The normalized spacial score (nSPS) is 10.8. The number of nitrogens with one attached hydrogen (secondary N) is 1. The lowest BCUT2D eigenvalue weighted by Crippen LogP contribution is -2.19. The van der Waals surface area contributed by atoms with Crippen LogP contribution in [0.5, 0.6) is 0 Å². The average molecular weight is 226 g/mol. The van der Waals surface area contributed by atoms with Gasteiger partial charge < -0.3 is 5.32 Å². The summed E-state index contributed by atoms with van der Waals surface area (Å²) in [6, 6.07) is 0. The Hall–Kier alpha value is -1.53.